The fraction of sp³-hybridized carbons (Fsp3) is 0.100. The Bertz CT molecular complexity index is 936. The molecule has 2 aromatic carbocycles. The monoisotopic (exact) mass is 383 g/mol. The first-order chi connectivity index (χ1) is 13.2. The molecule has 6 nitrogen and oxygen atoms in total. The van der Waals surface area contributed by atoms with Crippen molar-refractivity contribution in [1.82, 2.24) is 9.99 Å². The average Bonchev–Trinajstić information content (AvgIpc) is 3.15. The maximum absolute atomic E-state index is 11.9. The van der Waals surface area contributed by atoms with Crippen molar-refractivity contribution in [3.8, 4) is 17.2 Å². The predicted octanol–water partition coefficient (Wildman–Crippen LogP) is 3.67. The highest BCUT2D eigenvalue weighted by molar-refractivity contribution is 6.30. The normalized spacial score (nSPS) is 10.7. The molecule has 0 aliphatic carbocycles. The second-order valence-electron chi connectivity index (χ2n) is 5.54. The number of hydrazone groups is 1. The molecular weight excluding hydrogens is 366 g/mol. The Balaban J connectivity index is 1.57. The van der Waals surface area contributed by atoms with Crippen molar-refractivity contribution in [3.05, 3.63) is 77.6 Å². The summed E-state index contributed by atoms with van der Waals surface area (Å²) in [5, 5.41) is 4.53. The SMILES string of the molecule is COc1ccc(-n2cccc2/C=N/NC(=O)COc2cccc(Cl)c2)cc1. The second-order valence-corrected chi connectivity index (χ2v) is 5.98. The minimum absolute atomic E-state index is 0.156. The number of benzene rings is 2. The number of amides is 1. The Hall–Kier alpha value is -3.25. The van der Waals surface area contributed by atoms with Crippen molar-refractivity contribution in [2.45, 2.75) is 0 Å². The number of halogens is 1. The Morgan fingerprint density at radius 1 is 1.15 bits per heavy atom. The summed E-state index contributed by atoms with van der Waals surface area (Å²) in [7, 11) is 1.63. The van der Waals surface area contributed by atoms with Crippen LogP contribution in [-0.4, -0.2) is 30.4 Å². The fourth-order valence-electron chi connectivity index (χ4n) is 2.39. The lowest BCUT2D eigenvalue weighted by Gasteiger charge is -2.07. The molecule has 0 fully saturated rings. The highest BCUT2D eigenvalue weighted by Gasteiger charge is 2.04. The molecule has 138 valence electrons. The van der Waals surface area contributed by atoms with E-state index in [4.69, 9.17) is 21.1 Å². The third kappa shape index (κ3) is 5.12. The predicted molar refractivity (Wildman–Crippen MR) is 105 cm³/mol. The largest absolute Gasteiger partial charge is 0.497 e. The van der Waals surface area contributed by atoms with Gasteiger partial charge in [0.2, 0.25) is 0 Å². The lowest BCUT2D eigenvalue weighted by molar-refractivity contribution is -0.123. The average molecular weight is 384 g/mol. The number of methoxy groups -OCH3 is 1. The molecular formula is C20H18ClN3O3. The molecule has 3 aromatic rings. The van der Waals surface area contributed by atoms with Crippen LogP contribution < -0.4 is 14.9 Å². The van der Waals surface area contributed by atoms with Crippen LogP contribution in [0.2, 0.25) is 5.02 Å². The third-order valence-corrected chi connectivity index (χ3v) is 3.92. The van der Waals surface area contributed by atoms with Crippen LogP contribution in [0, 0.1) is 0 Å². The summed E-state index contributed by atoms with van der Waals surface area (Å²) in [6.45, 7) is -0.156. The first-order valence-corrected chi connectivity index (χ1v) is 8.55. The lowest BCUT2D eigenvalue weighted by Crippen LogP contribution is -2.24. The van der Waals surface area contributed by atoms with Gasteiger partial charge in [-0.3, -0.25) is 4.79 Å². The summed E-state index contributed by atoms with van der Waals surface area (Å²) >= 11 is 5.87. The van der Waals surface area contributed by atoms with Gasteiger partial charge >= 0.3 is 0 Å². The van der Waals surface area contributed by atoms with Crippen molar-refractivity contribution in [2.24, 2.45) is 5.10 Å². The smallest absolute Gasteiger partial charge is 0.277 e. The van der Waals surface area contributed by atoms with E-state index in [9.17, 15) is 4.79 Å². The van der Waals surface area contributed by atoms with Gasteiger partial charge < -0.3 is 14.0 Å². The van der Waals surface area contributed by atoms with Gasteiger partial charge in [0.25, 0.3) is 5.91 Å². The Labute approximate surface area is 162 Å². The van der Waals surface area contributed by atoms with E-state index >= 15 is 0 Å². The first-order valence-electron chi connectivity index (χ1n) is 8.18. The molecule has 0 aliphatic rings. The van der Waals surface area contributed by atoms with Gasteiger partial charge in [0.1, 0.15) is 11.5 Å². The summed E-state index contributed by atoms with van der Waals surface area (Å²) in [6.07, 6.45) is 3.48. The molecule has 0 saturated carbocycles. The summed E-state index contributed by atoms with van der Waals surface area (Å²) in [4.78, 5) is 11.9. The summed E-state index contributed by atoms with van der Waals surface area (Å²) in [6, 6.07) is 18.3. The lowest BCUT2D eigenvalue weighted by atomic mass is 10.3. The minimum atomic E-state index is -0.367. The molecule has 1 aromatic heterocycles. The first kappa shape index (κ1) is 18.5. The van der Waals surface area contributed by atoms with E-state index in [-0.39, 0.29) is 12.5 Å². The Morgan fingerprint density at radius 3 is 2.70 bits per heavy atom. The number of nitrogens with one attached hydrogen (secondary N) is 1. The highest BCUT2D eigenvalue weighted by Crippen LogP contribution is 2.17. The van der Waals surface area contributed by atoms with Gasteiger partial charge in [0.05, 0.1) is 19.0 Å². The molecule has 1 amide bonds. The molecule has 0 saturated heterocycles. The number of carbonyl (C=O) groups is 1. The highest BCUT2D eigenvalue weighted by atomic mass is 35.5. The van der Waals surface area contributed by atoms with Gasteiger partial charge in [-0.05, 0) is 54.6 Å². The van der Waals surface area contributed by atoms with E-state index in [1.807, 2.05) is 47.2 Å². The van der Waals surface area contributed by atoms with Gasteiger partial charge in [-0.1, -0.05) is 17.7 Å². The molecule has 1 heterocycles. The topological polar surface area (TPSA) is 64.8 Å². The molecule has 27 heavy (non-hydrogen) atoms. The van der Waals surface area contributed by atoms with Crippen LogP contribution in [0.4, 0.5) is 0 Å². The van der Waals surface area contributed by atoms with Gasteiger partial charge in [-0.2, -0.15) is 5.10 Å². The van der Waals surface area contributed by atoms with Gasteiger partial charge in [-0.15, -0.1) is 0 Å². The van der Waals surface area contributed by atoms with E-state index < -0.39 is 0 Å². The van der Waals surface area contributed by atoms with E-state index in [0.717, 1.165) is 17.1 Å². The van der Waals surface area contributed by atoms with Gasteiger partial charge in [0.15, 0.2) is 6.61 Å². The van der Waals surface area contributed by atoms with Crippen LogP contribution in [0.15, 0.2) is 72.0 Å². The molecule has 3 rings (SSSR count). The zero-order valence-electron chi connectivity index (χ0n) is 14.6. The maximum Gasteiger partial charge on any atom is 0.277 e. The molecule has 0 radical (unpaired) electrons. The van der Waals surface area contributed by atoms with Gasteiger partial charge in [-0.25, -0.2) is 5.43 Å². The zero-order chi connectivity index (χ0) is 19.1. The van der Waals surface area contributed by atoms with E-state index in [1.54, 1.807) is 37.6 Å². The Morgan fingerprint density at radius 2 is 1.96 bits per heavy atom. The molecule has 0 aliphatic heterocycles. The third-order valence-electron chi connectivity index (χ3n) is 3.68. The number of hydrogen-bond donors (Lipinski definition) is 1. The number of carbonyl (C=O) groups excluding carboxylic acids is 1. The van der Waals surface area contributed by atoms with Crippen LogP contribution in [0.25, 0.3) is 5.69 Å². The van der Waals surface area contributed by atoms with Gasteiger partial charge in [0, 0.05) is 16.9 Å². The maximum atomic E-state index is 11.9. The van der Waals surface area contributed by atoms with Crippen molar-refractivity contribution in [3.63, 3.8) is 0 Å². The fourth-order valence-corrected chi connectivity index (χ4v) is 2.57. The van der Waals surface area contributed by atoms with Crippen LogP contribution in [0.5, 0.6) is 11.5 Å². The molecule has 0 unspecified atom stereocenters. The number of ether oxygens (including phenoxy) is 2. The zero-order valence-corrected chi connectivity index (χ0v) is 15.4. The number of nitrogens with zero attached hydrogens (tertiary/aromatic N) is 2. The van der Waals surface area contributed by atoms with Crippen molar-refractivity contribution < 1.29 is 14.3 Å². The summed E-state index contributed by atoms with van der Waals surface area (Å²) in [5.74, 6) is 0.942. The van der Waals surface area contributed by atoms with Crippen LogP contribution in [-0.2, 0) is 4.79 Å². The number of hydrogen-bond acceptors (Lipinski definition) is 4. The second kappa shape index (κ2) is 8.91. The quantitative estimate of drug-likeness (QED) is 0.500. The Kier molecular flexibility index (Phi) is 6.12. The molecule has 0 spiro atoms. The van der Waals surface area contributed by atoms with E-state index in [1.165, 1.54) is 0 Å². The van der Waals surface area contributed by atoms with E-state index in [2.05, 4.69) is 10.5 Å². The summed E-state index contributed by atoms with van der Waals surface area (Å²) < 4.78 is 12.5. The molecule has 0 bridgehead atoms. The van der Waals surface area contributed by atoms with Crippen LogP contribution in [0.3, 0.4) is 0 Å². The standard InChI is InChI=1S/C20H18ClN3O3/c1-26-18-9-7-16(8-10-18)24-11-3-5-17(24)13-22-23-20(25)14-27-19-6-2-4-15(21)12-19/h2-13H,14H2,1H3,(H,23,25)/b22-13+. The number of aromatic nitrogens is 1. The molecule has 7 heteroatoms. The van der Waals surface area contributed by atoms with Crippen molar-refractivity contribution in [2.75, 3.05) is 13.7 Å². The van der Waals surface area contributed by atoms with Crippen molar-refractivity contribution >= 4 is 23.7 Å². The molecule has 0 atom stereocenters. The minimum Gasteiger partial charge on any atom is -0.497 e. The molecule has 1 N–H and O–H groups in total. The van der Waals surface area contributed by atoms with Crippen molar-refractivity contribution in [1.29, 1.82) is 0 Å². The van der Waals surface area contributed by atoms with E-state index in [0.29, 0.717) is 10.8 Å². The number of rotatable bonds is 7. The van der Waals surface area contributed by atoms with Crippen LogP contribution >= 0.6 is 11.6 Å². The van der Waals surface area contributed by atoms with Crippen LogP contribution in [0.1, 0.15) is 5.69 Å². The summed E-state index contributed by atoms with van der Waals surface area (Å²) in [5.41, 5.74) is 4.21.